The Hall–Kier alpha value is -2.33. The van der Waals surface area contributed by atoms with Crippen molar-refractivity contribution in [2.45, 2.75) is 38.1 Å². The molecular weight excluding hydrogens is 302 g/mol. The minimum absolute atomic E-state index is 0.180. The number of aromatic carboxylic acids is 1. The summed E-state index contributed by atoms with van der Waals surface area (Å²) in [5.74, 6) is -0.777. The normalized spacial score (nSPS) is 17.6. The number of rotatable bonds is 5. The van der Waals surface area contributed by atoms with Crippen LogP contribution >= 0.6 is 0 Å². The molecule has 0 saturated carbocycles. The van der Waals surface area contributed by atoms with Crippen molar-refractivity contribution in [3.63, 3.8) is 0 Å². The smallest absolute Gasteiger partial charge is 0.336 e. The van der Waals surface area contributed by atoms with Gasteiger partial charge in [0.2, 0.25) is 0 Å². The molecule has 1 heterocycles. The lowest BCUT2D eigenvalue weighted by Crippen LogP contribution is -2.34. The van der Waals surface area contributed by atoms with Gasteiger partial charge in [-0.1, -0.05) is 30.7 Å². The molecule has 4 nitrogen and oxygen atoms in total. The Labute approximate surface area is 142 Å². The highest BCUT2D eigenvalue weighted by Gasteiger charge is 2.14. The standard InChI is InChI=1S/C20H23NO3/c22-17-12-14(8-9-16-5-3-4-10-21-16)11-15(13-17)18-6-1-2-7-19(18)20(23)24/h1-2,6-7,11-13,16,21-22H,3-5,8-10H2,(H,23,24)/t16-/m1/s1. The third kappa shape index (κ3) is 3.95. The second kappa shape index (κ2) is 7.49. The second-order valence-electron chi connectivity index (χ2n) is 6.42. The van der Waals surface area contributed by atoms with E-state index in [0.29, 0.717) is 11.6 Å². The van der Waals surface area contributed by atoms with E-state index in [4.69, 9.17) is 0 Å². The van der Waals surface area contributed by atoms with E-state index >= 15 is 0 Å². The molecule has 1 aliphatic heterocycles. The molecule has 0 radical (unpaired) electrons. The lowest BCUT2D eigenvalue weighted by Gasteiger charge is -2.23. The zero-order valence-corrected chi connectivity index (χ0v) is 13.7. The number of hydrogen-bond acceptors (Lipinski definition) is 3. The number of hydrogen-bond donors (Lipinski definition) is 3. The van der Waals surface area contributed by atoms with E-state index in [-0.39, 0.29) is 11.3 Å². The molecule has 0 spiro atoms. The van der Waals surface area contributed by atoms with E-state index in [9.17, 15) is 15.0 Å². The average molecular weight is 325 g/mol. The third-order valence-electron chi connectivity index (χ3n) is 4.64. The summed E-state index contributed by atoms with van der Waals surface area (Å²) in [4.78, 5) is 11.4. The summed E-state index contributed by atoms with van der Waals surface area (Å²) >= 11 is 0. The average Bonchev–Trinajstić information content (AvgIpc) is 2.60. The van der Waals surface area contributed by atoms with Crippen molar-refractivity contribution in [1.29, 1.82) is 0 Å². The maximum Gasteiger partial charge on any atom is 0.336 e. The number of benzene rings is 2. The predicted molar refractivity (Wildman–Crippen MR) is 94.5 cm³/mol. The van der Waals surface area contributed by atoms with Gasteiger partial charge < -0.3 is 15.5 Å². The van der Waals surface area contributed by atoms with Crippen molar-refractivity contribution in [1.82, 2.24) is 5.32 Å². The Bertz CT molecular complexity index is 721. The number of phenolic OH excluding ortho intramolecular Hbond substituents is 1. The molecule has 0 unspecified atom stereocenters. The van der Waals surface area contributed by atoms with Crippen LogP contribution in [0.2, 0.25) is 0 Å². The largest absolute Gasteiger partial charge is 0.508 e. The van der Waals surface area contributed by atoms with Crippen LogP contribution in [-0.4, -0.2) is 28.8 Å². The summed E-state index contributed by atoms with van der Waals surface area (Å²) in [7, 11) is 0. The quantitative estimate of drug-likeness (QED) is 0.781. The van der Waals surface area contributed by atoms with Crippen molar-refractivity contribution in [3.8, 4) is 16.9 Å². The maximum absolute atomic E-state index is 11.4. The van der Waals surface area contributed by atoms with Crippen LogP contribution < -0.4 is 5.32 Å². The summed E-state index contributed by atoms with van der Waals surface area (Å²) in [6, 6.07) is 12.8. The first-order chi connectivity index (χ1) is 11.6. The van der Waals surface area contributed by atoms with Crippen LogP contribution in [0.4, 0.5) is 0 Å². The van der Waals surface area contributed by atoms with Gasteiger partial charge >= 0.3 is 5.97 Å². The number of carbonyl (C=O) groups is 1. The van der Waals surface area contributed by atoms with Gasteiger partial charge in [0.05, 0.1) is 5.56 Å². The molecule has 3 N–H and O–H groups in total. The fraction of sp³-hybridized carbons (Fsp3) is 0.350. The molecular formula is C20H23NO3. The molecule has 2 aromatic carbocycles. The number of carboxylic acid groups (broad SMARTS) is 1. The number of carboxylic acids is 1. The highest BCUT2D eigenvalue weighted by molar-refractivity contribution is 5.96. The van der Waals surface area contributed by atoms with Gasteiger partial charge in [-0.15, -0.1) is 0 Å². The van der Waals surface area contributed by atoms with Crippen LogP contribution in [-0.2, 0) is 6.42 Å². The lowest BCUT2D eigenvalue weighted by atomic mass is 9.94. The molecule has 3 rings (SSSR count). The fourth-order valence-corrected chi connectivity index (χ4v) is 3.41. The first-order valence-electron chi connectivity index (χ1n) is 8.52. The van der Waals surface area contributed by atoms with Crippen molar-refractivity contribution in [3.05, 3.63) is 53.6 Å². The van der Waals surface area contributed by atoms with Crippen molar-refractivity contribution in [2.75, 3.05) is 6.54 Å². The number of phenols is 1. The monoisotopic (exact) mass is 325 g/mol. The van der Waals surface area contributed by atoms with E-state index in [1.807, 2.05) is 12.1 Å². The summed E-state index contributed by atoms with van der Waals surface area (Å²) < 4.78 is 0. The first kappa shape index (κ1) is 16.5. The van der Waals surface area contributed by atoms with E-state index in [0.717, 1.165) is 30.5 Å². The highest BCUT2D eigenvalue weighted by atomic mass is 16.4. The van der Waals surface area contributed by atoms with Gasteiger partial charge in [0.25, 0.3) is 0 Å². The molecule has 1 fully saturated rings. The molecule has 0 aromatic heterocycles. The molecule has 24 heavy (non-hydrogen) atoms. The zero-order chi connectivity index (χ0) is 16.9. The summed E-state index contributed by atoms with van der Waals surface area (Å²) in [5, 5.41) is 23.0. The predicted octanol–water partition coefficient (Wildman–Crippen LogP) is 3.83. The van der Waals surface area contributed by atoms with Crippen LogP contribution in [0.15, 0.2) is 42.5 Å². The molecule has 0 bridgehead atoms. The van der Waals surface area contributed by atoms with Gasteiger partial charge in [-0.2, -0.15) is 0 Å². The van der Waals surface area contributed by atoms with E-state index in [1.54, 1.807) is 30.3 Å². The lowest BCUT2D eigenvalue weighted by molar-refractivity contribution is 0.0697. The summed E-state index contributed by atoms with van der Waals surface area (Å²) in [5.41, 5.74) is 2.68. The van der Waals surface area contributed by atoms with Crippen molar-refractivity contribution >= 4 is 5.97 Å². The minimum atomic E-state index is -0.957. The first-order valence-corrected chi connectivity index (χ1v) is 8.52. The Balaban J connectivity index is 1.82. The fourth-order valence-electron chi connectivity index (χ4n) is 3.41. The Morgan fingerprint density at radius 3 is 2.75 bits per heavy atom. The Kier molecular flexibility index (Phi) is 5.16. The number of nitrogens with one attached hydrogen (secondary N) is 1. The van der Waals surface area contributed by atoms with Crippen LogP contribution in [0.5, 0.6) is 5.75 Å². The van der Waals surface area contributed by atoms with Gasteiger partial charge in [0.15, 0.2) is 0 Å². The Morgan fingerprint density at radius 1 is 1.17 bits per heavy atom. The van der Waals surface area contributed by atoms with E-state index in [1.165, 1.54) is 19.3 Å². The van der Waals surface area contributed by atoms with Gasteiger partial charge in [0.1, 0.15) is 5.75 Å². The van der Waals surface area contributed by atoms with Crippen LogP contribution in [0.25, 0.3) is 11.1 Å². The molecule has 2 aromatic rings. The summed E-state index contributed by atoms with van der Waals surface area (Å²) in [6.07, 6.45) is 5.62. The maximum atomic E-state index is 11.4. The molecule has 0 aliphatic carbocycles. The minimum Gasteiger partial charge on any atom is -0.508 e. The molecule has 1 aliphatic rings. The summed E-state index contributed by atoms with van der Waals surface area (Å²) in [6.45, 7) is 1.09. The third-order valence-corrected chi connectivity index (χ3v) is 4.64. The van der Waals surface area contributed by atoms with Gasteiger partial charge in [-0.05, 0) is 67.1 Å². The highest BCUT2D eigenvalue weighted by Crippen LogP contribution is 2.29. The van der Waals surface area contributed by atoms with E-state index in [2.05, 4.69) is 5.32 Å². The van der Waals surface area contributed by atoms with Crippen molar-refractivity contribution < 1.29 is 15.0 Å². The van der Waals surface area contributed by atoms with Gasteiger partial charge in [-0.25, -0.2) is 4.79 Å². The van der Waals surface area contributed by atoms with Crippen LogP contribution in [0, 0.1) is 0 Å². The Morgan fingerprint density at radius 2 is 2.00 bits per heavy atom. The van der Waals surface area contributed by atoms with Crippen LogP contribution in [0.1, 0.15) is 41.6 Å². The van der Waals surface area contributed by atoms with Gasteiger partial charge in [-0.3, -0.25) is 0 Å². The van der Waals surface area contributed by atoms with Gasteiger partial charge in [0, 0.05) is 6.04 Å². The number of piperidine rings is 1. The zero-order valence-electron chi connectivity index (χ0n) is 13.7. The molecule has 1 atom stereocenters. The van der Waals surface area contributed by atoms with Crippen molar-refractivity contribution in [2.24, 2.45) is 0 Å². The molecule has 4 heteroatoms. The van der Waals surface area contributed by atoms with E-state index < -0.39 is 5.97 Å². The number of aromatic hydroxyl groups is 1. The SMILES string of the molecule is O=C(O)c1ccccc1-c1cc(O)cc(CC[C@H]2CCCCN2)c1. The molecule has 0 amide bonds. The second-order valence-corrected chi connectivity index (χ2v) is 6.42. The topological polar surface area (TPSA) is 69.6 Å². The molecule has 126 valence electrons. The molecule has 1 saturated heterocycles. The number of aryl methyl sites for hydroxylation is 1. The van der Waals surface area contributed by atoms with Crippen LogP contribution in [0.3, 0.4) is 0 Å².